The van der Waals surface area contributed by atoms with E-state index in [4.69, 9.17) is 23.2 Å². The van der Waals surface area contributed by atoms with Gasteiger partial charge in [0.25, 0.3) is 0 Å². The molecule has 6 nitrogen and oxygen atoms in total. The summed E-state index contributed by atoms with van der Waals surface area (Å²) >= 11 is 12.5. The summed E-state index contributed by atoms with van der Waals surface area (Å²) in [6.45, 7) is 0. The van der Waals surface area contributed by atoms with E-state index < -0.39 is 6.09 Å². The molecule has 1 unspecified atom stereocenters. The Balaban J connectivity index is 1.42. The van der Waals surface area contributed by atoms with E-state index in [1.54, 1.807) is 23.1 Å². The monoisotopic (exact) mass is 447 g/mol. The van der Waals surface area contributed by atoms with Crippen molar-refractivity contribution >= 4 is 46.6 Å². The molecule has 2 aromatic carbocycles. The molecular formula is C22H23Cl2N3O3. The van der Waals surface area contributed by atoms with E-state index in [2.05, 4.69) is 10.6 Å². The Morgan fingerprint density at radius 3 is 2.27 bits per heavy atom. The Morgan fingerprint density at radius 1 is 1.00 bits per heavy atom. The molecule has 30 heavy (non-hydrogen) atoms. The van der Waals surface area contributed by atoms with Crippen LogP contribution < -0.4 is 10.6 Å². The smallest absolute Gasteiger partial charge is 0.407 e. The van der Waals surface area contributed by atoms with Crippen LogP contribution in [0.15, 0.2) is 42.5 Å². The maximum Gasteiger partial charge on any atom is 0.407 e. The van der Waals surface area contributed by atoms with Gasteiger partial charge in [-0.15, -0.1) is 0 Å². The summed E-state index contributed by atoms with van der Waals surface area (Å²) in [5.41, 5.74) is 2.20. The Hall–Kier alpha value is -2.44. The minimum atomic E-state index is -0.856. The van der Waals surface area contributed by atoms with Crippen LogP contribution in [0.3, 0.4) is 0 Å². The fraction of sp³-hybridized carbons (Fsp3) is 0.364. The summed E-state index contributed by atoms with van der Waals surface area (Å²) in [7, 11) is 0. The number of carboxylic acid groups (broad SMARTS) is 1. The molecule has 2 bridgehead atoms. The predicted octanol–water partition coefficient (Wildman–Crippen LogP) is 5.07. The van der Waals surface area contributed by atoms with Gasteiger partial charge in [-0.2, -0.15) is 0 Å². The van der Waals surface area contributed by atoms with Gasteiger partial charge in [0.2, 0.25) is 5.91 Å². The number of carbonyl (C=O) groups excluding carboxylic acids is 1. The summed E-state index contributed by atoms with van der Waals surface area (Å²) in [6, 6.07) is 12.8. The average Bonchev–Trinajstić information content (AvgIpc) is 2.97. The third-order valence-corrected chi connectivity index (χ3v) is 6.54. The summed E-state index contributed by atoms with van der Waals surface area (Å²) < 4.78 is 0. The number of nitrogens with zero attached hydrogens (tertiary/aromatic N) is 1. The SMILES string of the molecule is O=C(Cc1ccccc1Nc1c(Cl)cccc1Cl)NC1C[C@H]2CC[C@@H](C1)N2C(=O)O. The lowest BCUT2D eigenvalue weighted by Crippen LogP contribution is -2.52. The summed E-state index contributed by atoms with van der Waals surface area (Å²) in [4.78, 5) is 25.7. The molecular weight excluding hydrogens is 425 g/mol. The van der Waals surface area contributed by atoms with Gasteiger partial charge in [-0.25, -0.2) is 4.79 Å². The van der Waals surface area contributed by atoms with Crippen LogP contribution in [-0.4, -0.2) is 40.1 Å². The second-order valence-electron chi connectivity index (χ2n) is 7.87. The molecule has 2 aliphatic heterocycles. The molecule has 0 radical (unpaired) electrons. The van der Waals surface area contributed by atoms with Gasteiger partial charge in [0, 0.05) is 23.8 Å². The third kappa shape index (κ3) is 4.35. The van der Waals surface area contributed by atoms with Crippen LogP contribution in [-0.2, 0) is 11.2 Å². The largest absolute Gasteiger partial charge is 0.465 e. The van der Waals surface area contributed by atoms with E-state index in [-0.39, 0.29) is 30.5 Å². The molecule has 3 N–H and O–H groups in total. The number of fused-ring (bicyclic) bond motifs is 2. The molecule has 2 heterocycles. The first-order chi connectivity index (χ1) is 14.4. The first kappa shape index (κ1) is 20.8. The van der Waals surface area contributed by atoms with Crippen LogP contribution in [0, 0.1) is 0 Å². The molecule has 2 amide bonds. The van der Waals surface area contributed by atoms with Crippen molar-refractivity contribution in [3.05, 3.63) is 58.1 Å². The summed E-state index contributed by atoms with van der Waals surface area (Å²) in [5, 5.41) is 16.7. The van der Waals surface area contributed by atoms with E-state index in [9.17, 15) is 14.7 Å². The van der Waals surface area contributed by atoms with Gasteiger partial charge >= 0.3 is 6.09 Å². The Bertz CT molecular complexity index is 934. The minimum Gasteiger partial charge on any atom is -0.465 e. The second-order valence-corrected chi connectivity index (χ2v) is 8.68. The molecule has 0 spiro atoms. The van der Waals surface area contributed by atoms with Gasteiger partial charge in [0.05, 0.1) is 22.2 Å². The van der Waals surface area contributed by atoms with Gasteiger partial charge < -0.3 is 20.6 Å². The van der Waals surface area contributed by atoms with E-state index in [1.807, 2.05) is 24.3 Å². The molecule has 8 heteroatoms. The number of benzene rings is 2. The Kier molecular flexibility index (Phi) is 6.06. The van der Waals surface area contributed by atoms with Crippen LogP contribution in [0.1, 0.15) is 31.2 Å². The molecule has 4 rings (SSSR count). The fourth-order valence-corrected chi connectivity index (χ4v) is 5.10. The number of nitrogens with one attached hydrogen (secondary N) is 2. The Morgan fingerprint density at radius 2 is 1.63 bits per heavy atom. The van der Waals surface area contributed by atoms with Crippen LogP contribution >= 0.6 is 23.2 Å². The molecule has 2 aromatic rings. The van der Waals surface area contributed by atoms with E-state index in [0.29, 0.717) is 28.6 Å². The first-order valence-electron chi connectivity index (χ1n) is 10.0. The van der Waals surface area contributed by atoms with E-state index in [0.717, 1.165) is 24.1 Å². The van der Waals surface area contributed by atoms with Gasteiger partial charge in [-0.1, -0.05) is 47.5 Å². The highest BCUT2D eigenvalue weighted by molar-refractivity contribution is 6.39. The number of amides is 2. The third-order valence-electron chi connectivity index (χ3n) is 5.91. The van der Waals surface area contributed by atoms with Crippen molar-refractivity contribution in [1.82, 2.24) is 10.2 Å². The van der Waals surface area contributed by atoms with Crippen molar-refractivity contribution < 1.29 is 14.7 Å². The van der Waals surface area contributed by atoms with Crippen molar-refractivity contribution in [1.29, 1.82) is 0 Å². The zero-order chi connectivity index (χ0) is 21.3. The fourth-order valence-electron chi connectivity index (χ4n) is 4.61. The molecule has 0 aromatic heterocycles. The normalized spacial score (nSPS) is 22.6. The van der Waals surface area contributed by atoms with Crippen LogP contribution in [0.4, 0.5) is 16.2 Å². The molecule has 0 aliphatic carbocycles. The number of rotatable bonds is 5. The Labute approximate surface area is 185 Å². The first-order valence-corrected chi connectivity index (χ1v) is 10.8. The lowest BCUT2D eigenvalue weighted by atomic mass is 9.97. The topological polar surface area (TPSA) is 81.7 Å². The number of hydrogen-bond donors (Lipinski definition) is 3. The lowest BCUT2D eigenvalue weighted by molar-refractivity contribution is -0.121. The van der Waals surface area contributed by atoms with Gasteiger partial charge in [0.1, 0.15) is 0 Å². The molecule has 3 atom stereocenters. The molecule has 158 valence electrons. The standard InChI is InChI=1S/C22H23Cl2N3O3/c23-17-5-3-6-18(24)21(17)26-19-7-2-1-4-13(19)10-20(28)25-14-11-15-8-9-16(12-14)27(15)22(29)30/h1-7,14-16,26H,8-12H2,(H,25,28)(H,29,30)/t14?,15-,16+. The highest BCUT2D eigenvalue weighted by Crippen LogP contribution is 2.36. The molecule has 2 fully saturated rings. The number of para-hydroxylation sites is 2. The van der Waals surface area contributed by atoms with Crippen molar-refractivity contribution in [3.8, 4) is 0 Å². The van der Waals surface area contributed by atoms with Crippen LogP contribution in [0.2, 0.25) is 10.0 Å². The van der Waals surface area contributed by atoms with Crippen molar-refractivity contribution in [2.45, 2.75) is 50.2 Å². The summed E-state index contributed by atoms with van der Waals surface area (Å²) in [5.74, 6) is -0.0809. The van der Waals surface area contributed by atoms with Crippen LogP contribution in [0.25, 0.3) is 0 Å². The highest BCUT2D eigenvalue weighted by Gasteiger charge is 2.43. The van der Waals surface area contributed by atoms with Crippen molar-refractivity contribution in [2.24, 2.45) is 0 Å². The second kappa shape index (κ2) is 8.74. The zero-order valence-electron chi connectivity index (χ0n) is 16.3. The molecule has 2 saturated heterocycles. The highest BCUT2D eigenvalue weighted by atomic mass is 35.5. The quantitative estimate of drug-likeness (QED) is 0.597. The van der Waals surface area contributed by atoms with Crippen LogP contribution in [0.5, 0.6) is 0 Å². The number of hydrogen-bond acceptors (Lipinski definition) is 3. The summed E-state index contributed by atoms with van der Waals surface area (Å²) in [6.07, 6.45) is 2.43. The van der Waals surface area contributed by atoms with Crippen molar-refractivity contribution in [3.63, 3.8) is 0 Å². The van der Waals surface area contributed by atoms with E-state index in [1.165, 1.54) is 0 Å². The number of piperidine rings is 1. The maximum absolute atomic E-state index is 12.7. The molecule has 0 saturated carbocycles. The number of halogens is 2. The average molecular weight is 448 g/mol. The van der Waals surface area contributed by atoms with Gasteiger partial charge in [-0.05, 0) is 49.4 Å². The maximum atomic E-state index is 12.7. The van der Waals surface area contributed by atoms with Gasteiger partial charge in [0.15, 0.2) is 0 Å². The number of carbonyl (C=O) groups is 2. The minimum absolute atomic E-state index is 0.00265. The van der Waals surface area contributed by atoms with E-state index >= 15 is 0 Å². The molecule has 2 aliphatic rings. The lowest BCUT2D eigenvalue weighted by Gasteiger charge is -2.37. The van der Waals surface area contributed by atoms with Gasteiger partial charge in [-0.3, -0.25) is 4.79 Å². The zero-order valence-corrected chi connectivity index (χ0v) is 17.8. The number of anilines is 2. The predicted molar refractivity (Wildman–Crippen MR) is 118 cm³/mol. The van der Waals surface area contributed by atoms with Crippen molar-refractivity contribution in [2.75, 3.05) is 5.32 Å².